The van der Waals surface area contributed by atoms with Gasteiger partial charge in [-0.05, 0) is 91.1 Å². The molecule has 1 aromatic carbocycles. The molecule has 0 saturated carbocycles. The molecule has 0 spiro atoms. The van der Waals surface area contributed by atoms with Crippen LogP contribution in [-0.2, 0) is 20.8 Å². The van der Waals surface area contributed by atoms with Gasteiger partial charge in [0.1, 0.15) is 6.29 Å². The van der Waals surface area contributed by atoms with Crippen molar-refractivity contribution in [3.63, 3.8) is 0 Å². The Bertz CT molecular complexity index is 892. The molecule has 2 aliphatic rings. The number of aryl methyl sites for hydroxylation is 1. The Morgan fingerprint density at radius 1 is 1.17 bits per heavy atom. The maximum atomic E-state index is 13.2. The minimum Gasteiger partial charge on any atom is -0.348 e. The Morgan fingerprint density at radius 3 is 2.61 bits per heavy atom. The molecule has 1 heterocycles. The molecule has 3 rings (SSSR count). The van der Waals surface area contributed by atoms with Crippen LogP contribution >= 0.6 is 0 Å². The lowest BCUT2D eigenvalue weighted by atomic mass is 9.87. The Kier molecular flexibility index (Phi) is 10.5. The summed E-state index contributed by atoms with van der Waals surface area (Å²) in [7, 11) is 3.78. The van der Waals surface area contributed by atoms with Gasteiger partial charge in [0.05, 0.1) is 24.2 Å². The van der Waals surface area contributed by atoms with Gasteiger partial charge in [-0.25, -0.2) is 0 Å². The van der Waals surface area contributed by atoms with Crippen LogP contribution in [0.4, 0.5) is 0 Å². The second kappa shape index (κ2) is 13.3. The molecule has 1 aliphatic heterocycles. The first kappa shape index (κ1) is 28.3. The van der Waals surface area contributed by atoms with E-state index in [0.717, 1.165) is 51.4 Å². The van der Waals surface area contributed by atoms with Crippen LogP contribution in [0.25, 0.3) is 0 Å². The molecule has 0 bridgehead atoms. The highest BCUT2D eigenvalue weighted by Gasteiger charge is 2.36. The summed E-state index contributed by atoms with van der Waals surface area (Å²) in [6.45, 7) is 7.27. The molecule has 5 unspecified atom stereocenters. The van der Waals surface area contributed by atoms with Gasteiger partial charge in [-0.3, -0.25) is 19.4 Å². The van der Waals surface area contributed by atoms with Crippen molar-refractivity contribution in [1.29, 1.82) is 0 Å². The zero-order valence-electron chi connectivity index (χ0n) is 22.6. The normalized spacial score (nSPS) is 23.8. The minimum atomic E-state index is -0.547. The molecule has 2 amide bonds. The average Bonchev–Trinajstić information content (AvgIpc) is 3.25. The summed E-state index contributed by atoms with van der Waals surface area (Å²) in [6, 6.07) is 8.11. The van der Waals surface area contributed by atoms with Gasteiger partial charge in [-0.2, -0.15) is 0 Å². The number of fused-ring (bicyclic) bond motifs is 1. The summed E-state index contributed by atoms with van der Waals surface area (Å²) in [6.07, 6.45) is 6.76. The third-order valence-corrected chi connectivity index (χ3v) is 8.06. The number of benzene rings is 1. The van der Waals surface area contributed by atoms with Crippen molar-refractivity contribution in [2.24, 2.45) is 0 Å². The summed E-state index contributed by atoms with van der Waals surface area (Å²) < 4.78 is 0. The number of amides is 2. The third-order valence-electron chi connectivity index (χ3n) is 8.06. The molecule has 8 nitrogen and oxygen atoms in total. The van der Waals surface area contributed by atoms with Crippen molar-refractivity contribution in [1.82, 2.24) is 25.8 Å². The first-order valence-electron chi connectivity index (χ1n) is 13.5. The Balaban J connectivity index is 1.52. The van der Waals surface area contributed by atoms with Crippen LogP contribution in [0, 0.1) is 0 Å². The zero-order valence-corrected chi connectivity index (χ0v) is 22.6. The summed E-state index contributed by atoms with van der Waals surface area (Å²) >= 11 is 0. The lowest BCUT2D eigenvalue weighted by molar-refractivity contribution is -0.126. The van der Waals surface area contributed by atoms with Gasteiger partial charge in [0.2, 0.25) is 11.8 Å². The molecule has 1 fully saturated rings. The molecule has 5 atom stereocenters. The second-order valence-electron chi connectivity index (χ2n) is 10.7. The SMILES string of the molecule is CNC(C)C(=O)NC(C=O)CN(CCC1CCC(C(=O)NC2CCCc3ccccc32)N1C)C(C)C. The van der Waals surface area contributed by atoms with Gasteiger partial charge in [-0.15, -0.1) is 0 Å². The van der Waals surface area contributed by atoms with Crippen molar-refractivity contribution in [3.05, 3.63) is 35.4 Å². The minimum absolute atomic E-state index is 0.104. The Hall–Kier alpha value is -2.29. The van der Waals surface area contributed by atoms with E-state index >= 15 is 0 Å². The van der Waals surface area contributed by atoms with Crippen LogP contribution in [0.15, 0.2) is 24.3 Å². The number of nitrogens with zero attached hydrogens (tertiary/aromatic N) is 2. The fourth-order valence-corrected chi connectivity index (χ4v) is 5.54. The van der Waals surface area contributed by atoms with E-state index in [4.69, 9.17) is 0 Å². The second-order valence-corrected chi connectivity index (χ2v) is 10.7. The Morgan fingerprint density at radius 2 is 1.92 bits per heavy atom. The van der Waals surface area contributed by atoms with Gasteiger partial charge in [0, 0.05) is 18.6 Å². The number of hydrogen-bond donors (Lipinski definition) is 3. The largest absolute Gasteiger partial charge is 0.348 e. The van der Waals surface area contributed by atoms with Gasteiger partial charge in [-0.1, -0.05) is 24.3 Å². The topological polar surface area (TPSA) is 93.8 Å². The number of rotatable bonds is 12. The van der Waals surface area contributed by atoms with Gasteiger partial charge in [0.25, 0.3) is 0 Å². The standard InChI is InChI=1S/C28H45N5O3/c1-19(2)33(17-22(18-34)30-27(35)20(3)29-4)16-15-23-13-14-26(32(23)5)28(36)31-25-12-8-10-21-9-6-7-11-24(21)25/h6-7,9,11,18-20,22-23,25-26,29H,8,10,12-17H2,1-5H3,(H,30,35)(H,31,36). The smallest absolute Gasteiger partial charge is 0.237 e. The van der Waals surface area contributed by atoms with E-state index in [2.05, 4.69) is 70.9 Å². The van der Waals surface area contributed by atoms with Gasteiger partial charge in [0.15, 0.2) is 0 Å². The maximum Gasteiger partial charge on any atom is 0.237 e. The van der Waals surface area contributed by atoms with Crippen LogP contribution < -0.4 is 16.0 Å². The van der Waals surface area contributed by atoms with Gasteiger partial charge < -0.3 is 20.7 Å². The molecule has 0 radical (unpaired) electrons. The molecule has 0 aromatic heterocycles. The van der Waals surface area contributed by atoms with Crippen LogP contribution in [0.2, 0.25) is 0 Å². The van der Waals surface area contributed by atoms with Crippen molar-refractivity contribution in [2.45, 2.75) is 95.5 Å². The number of likely N-dealkylation sites (N-methyl/N-ethyl adjacent to an activating group) is 2. The lowest BCUT2D eigenvalue weighted by Gasteiger charge is -2.33. The van der Waals surface area contributed by atoms with Crippen LogP contribution in [0.1, 0.15) is 70.0 Å². The highest BCUT2D eigenvalue weighted by molar-refractivity contribution is 5.84. The predicted octanol–water partition coefficient (Wildman–Crippen LogP) is 2.04. The van der Waals surface area contributed by atoms with E-state index in [0.29, 0.717) is 12.6 Å². The average molecular weight is 500 g/mol. The van der Waals surface area contributed by atoms with Crippen LogP contribution in [-0.4, -0.2) is 85.3 Å². The number of hydrogen-bond acceptors (Lipinski definition) is 6. The fraction of sp³-hybridized carbons (Fsp3) is 0.679. The summed E-state index contributed by atoms with van der Waals surface area (Å²) in [5.74, 6) is -0.0481. The van der Waals surface area contributed by atoms with E-state index in [-0.39, 0.29) is 36.0 Å². The number of carbonyl (C=O) groups is 3. The quantitative estimate of drug-likeness (QED) is 0.381. The molecule has 1 saturated heterocycles. The number of carbonyl (C=O) groups excluding carboxylic acids is 3. The number of likely N-dealkylation sites (tertiary alicyclic amines) is 1. The van der Waals surface area contributed by atoms with E-state index < -0.39 is 6.04 Å². The molecule has 36 heavy (non-hydrogen) atoms. The Labute approximate surface area is 216 Å². The summed E-state index contributed by atoms with van der Waals surface area (Å²) in [4.78, 5) is 41.6. The molecule has 1 aliphatic carbocycles. The highest BCUT2D eigenvalue weighted by Crippen LogP contribution is 2.31. The van der Waals surface area contributed by atoms with E-state index in [1.165, 1.54) is 11.1 Å². The zero-order chi connectivity index (χ0) is 26.2. The number of aldehydes is 1. The number of nitrogens with one attached hydrogen (secondary N) is 3. The molecular weight excluding hydrogens is 454 g/mol. The lowest BCUT2D eigenvalue weighted by Crippen LogP contribution is -2.51. The molecule has 3 N–H and O–H groups in total. The molecular formula is C28H45N5O3. The van der Waals surface area contributed by atoms with Crippen molar-refractivity contribution >= 4 is 18.1 Å². The summed E-state index contributed by atoms with van der Waals surface area (Å²) in [5, 5.41) is 9.08. The molecule has 200 valence electrons. The van der Waals surface area contributed by atoms with Crippen molar-refractivity contribution in [3.8, 4) is 0 Å². The highest BCUT2D eigenvalue weighted by atomic mass is 16.2. The van der Waals surface area contributed by atoms with E-state index in [1.807, 2.05) is 0 Å². The van der Waals surface area contributed by atoms with Crippen molar-refractivity contribution < 1.29 is 14.4 Å². The first-order chi connectivity index (χ1) is 17.2. The van der Waals surface area contributed by atoms with E-state index in [9.17, 15) is 14.4 Å². The monoisotopic (exact) mass is 499 g/mol. The summed E-state index contributed by atoms with van der Waals surface area (Å²) in [5.41, 5.74) is 2.62. The van der Waals surface area contributed by atoms with Crippen LogP contribution in [0.3, 0.4) is 0 Å². The van der Waals surface area contributed by atoms with Gasteiger partial charge >= 0.3 is 0 Å². The third kappa shape index (κ3) is 7.14. The van der Waals surface area contributed by atoms with Crippen LogP contribution in [0.5, 0.6) is 0 Å². The predicted molar refractivity (Wildman–Crippen MR) is 143 cm³/mol. The molecule has 8 heteroatoms. The molecule has 1 aromatic rings. The first-order valence-corrected chi connectivity index (χ1v) is 13.5. The van der Waals surface area contributed by atoms with Crippen molar-refractivity contribution in [2.75, 3.05) is 27.2 Å². The maximum absolute atomic E-state index is 13.2. The fourth-order valence-electron chi connectivity index (χ4n) is 5.54. The van der Waals surface area contributed by atoms with E-state index in [1.54, 1.807) is 14.0 Å².